The average molecular weight is 579 g/mol. The van der Waals surface area contributed by atoms with Crippen LogP contribution in [0.3, 0.4) is 0 Å². The van der Waals surface area contributed by atoms with Crippen molar-refractivity contribution in [2.75, 3.05) is 0 Å². The highest BCUT2D eigenvalue weighted by Crippen LogP contribution is 2.39. The van der Waals surface area contributed by atoms with Crippen molar-refractivity contribution >= 4 is 41.2 Å². The number of carbonyl (C=O) groups is 3. The molecule has 0 atom stereocenters. The predicted molar refractivity (Wildman–Crippen MR) is 149 cm³/mol. The van der Waals surface area contributed by atoms with E-state index in [1.807, 2.05) is 0 Å². The first-order valence-electron chi connectivity index (χ1n) is 12.2. The number of phenols is 6. The third kappa shape index (κ3) is 6.99. The van der Waals surface area contributed by atoms with Gasteiger partial charge in [-0.05, 0) is 65.6 Å². The van der Waals surface area contributed by atoms with Gasteiger partial charge in [-0.3, -0.25) is 0 Å². The van der Waals surface area contributed by atoms with Gasteiger partial charge in [0.15, 0.2) is 34.5 Å². The van der Waals surface area contributed by atoms with Crippen molar-refractivity contribution in [3.63, 3.8) is 0 Å². The number of aliphatic carboxylic acids is 2. The zero-order valence-corrected chi connectivity index (χ0v) is 22.0. The number of carboxylic acid groups (broad SMARTS) is 2. The second-order valence-electron chi connectivity index (χ2n) is 8.83. The van der Waals surface area contributed by atoms with Crippen LogP contribution in [-0.2, 0) is 19.1 Å². The van der Waals surface area contributed by atoms with Crippen LogP contribution in [0.15, 0.2) is 60.4 Å². The first-order chi connectivity index (χ1) is 19.8. The van der Waals surface area contributed by atoms with Crippen LogP contribution in [0.25, 0.3) is 23.3 Å². The maximum Gasteiger partial charge on any atom is 0.372 e. The predicted octanol–water partition coefficient (Wildman–Crippen LogP) is 4.40. The summed E-state index contributed by atoms with van der Waals surface area (Å²) < 4.78 is 5.11. The van der Waals surface area contributed by atoms with Gasteiger partial charge in [0.25, 0.3) is 0 Å². The smallest absolute Gasteiger partial charge is 0.372 e. The molecule has 3 rings (SSSR count). The van der Waals surface area contributed by atoms with Gasteiger partial charge in [-0.25, -0.2) is 14.4 Å². The molecule has 3 aromatic rings. The Morgan fingerprint density at radius 1 is 0.762 bits per heavy atom. The second kappa shape index (κ2) is 13.0. The lowest BCUT2D eigenvalue weighted by molar-refractivity contribution is -0.144. The molecular formula is C30H26O12. The number of carboxylic acids is 2. The van der Waals surface area contributed by atoms with Crippen LogP contribution in [0.1, 0.15) is 42.0 Å². The number of hydrogen-bond donors (Lipinski definition) is 8. The van der Waals surface area contributed by atoms with E-state index in [0.717, 1.165) is 48.6 Å². The van der Waals surface area contributed by atoms with Crippen molar-refractivity contribution in [3.8, 4) is 34.5 Å². The van der Waals surface area contributed by atoms with Crippen LogP contribution in [0.5, 0.6) is 34.5 Å². The van der Waals surface area contributed by atoms with Crippen LogP contribution in [-0.4, -0.2) is 58.8 Å². The Morgan fingerprint density at radius 2 is 1.38 bits per heavy atom. The maximum atomic E-state index is 12.7. The van der Waals surface area contributed by atoms with E-state index in [4.69, 9.17) is 4.74 Å². The van der Waals surface area contributed by atoms with Crippen molar-refractivity contribution in [1.29, 1.82) is 0 Å². The minimum atomic E-state index is -1.59. The van der Waals surface area contributed by atoms with Gasteiger partial charge in [0.2, 0.25) is 5.76 Å². The van der Waals surface area contributed by atoms with Gasteiger partial charge >= 0.3 is 17.9 Å². The van der Waals surface area contributed by atoms with E-state index in [9.17, 15) is 55.2 Å². The molecule has 0 saturated heterocycles. The SMILES string of the molecule is CCC/C(=C(\OC(=O)/C=C/c1ccc(O)c(O)c1/C(=C\c1ccc(O)c(O)c1)C(=O)O)C(=O)O)c1ccc(O)c(O)c1. The molecule has 12 heteroatoms. The fraction of sp³-hybridized carbons (Fsp3) is 0.100. The second-order valence-corrected chi connectivity index (χ2v) is 8.83. The van der Waals surface area contributed by atoms with E-state index in [2.05, 4.69) is 0 Å². The van der Waals surface area contributed by atoms with Crippen molar-refractivity contribution in [1.82, 2.24) is 0 Å². The van der Waals surface area contributed by atoms with Gasteiger partial charge in [-0.15, -0.1) is 0 Å². The molecule has 0 bridgehead atoms. The summed E-state index contributed by atoms with van der Waals surface area (Å²) in [5.41, 5.74) is -0.720. The lowest BCUT2D eigenvalue weighted by Gasteiger charge is -2.13. The Kier molecular flexibility index (Phi) is 9.45. The number of esters is 1. The zero-order valence-electron chi connectivity index (χ0n) is 22.0. The van der Waals surface area contributed by atoms with Crippen molar-refractivity contribution in [2.24, 2.45) is 0 Å². The summed E-state index contributed by atoms with van der Waals surface area (Å²) in [5.74, 6) is -8.54. The highest BCUT2D eigenvalue weighted by molar-refractivity contribution is 6.22. The first kappa shape index (κ1) is 30.6. The Balaban J connectivity index is 2.06. The molecule has 0 aliphatic rings. The van der Waals surface area contributed by atoms with Crippen molar-refractivity contribution < 1.29 is 60.0 Å². The number of rotatable bonds is 10. The number of aromatic hydroxyl groups is 6. The molecule has 12 nitrogen and oxygen atoms in total. The third-order valence-corrected chi connectivity index (χ3v) is 5.89. The monoisotopic (exact) mass is 578 g/mol. The van der Waals surface area contributed by atoms with E-state index in [0.29, 0.717) is 6.42 Å². The van der Waals surface area contributed by atoms with E-state index in [1.165, 1.54) is 18.2 Å². The Morgan fingerprint density at radius 3 is 1.95 bits per heavy atom. The number of allylic oxidation sites excluding steroid dienone is 1. The minimum absolute atomic E-state index is 0.0539. The molecule has 0 radical (unpaired) electrons. The van der Waals surface area contributed by atoms with Gasteiger partial charge in [0, 0.05) is 17.2 Å². The van der Waals surface area contributed by atoms with Crippen molar-refractivity contribution in [2.45, 2.75) is 19.8 Å². The Bertz CT molecular complexity index is 1650. The molecule has 0 saturated carbocycles. The topological polar surface area (TPSA) is 222 Å². The highest BCUT2D eigenvalue weighted by Gasteiger charge is 2.23. The normalized spacial score (nSPS) is 12.2. The Hall–Kier alpha value is -5.91. The van der Waals surface area contributed by atoms with E-state index in [1.54, 1.807) is 6.92 Å². The summed E-state index contributed by atoms with van der Waals surface area (Å²) in [6.45, 7) is 1.74. The van der Waals surface area contributed by atoms with Crippen molar-refractivity contribution in [3.05, 3.63) is 82.6 Å². The van der Waals surface area contributed by atoms with Gasteiger partial charge in [0.1, 0.15) is 0 Å². The van der Waals surface area contributed by atoms with Gasteiger partial charge in [-0.1, -0.05) is 31.5 Å². The van der Waals surface area contributed by atoms with Gasteiger partial charge < -0.3 is 45.6 Å². The molecule has 42 heavy (non-hydrogen) atoms. The summed E-state index contributed by atoms with van der Waals surface area (Å²) in [4.78, 5) is 36.9. The van der Waals surface area contributed by atoms with Gasteiger partial charge in [0.05, 0.1) is 5.57 Å². The van der Waals surface area contributed by atoms with Crippen LogP contribution in [0.2, 0.25) is 0 Å². The summed E-state index contributed by atoms with van der Waals surface area (Å²) in [5, 5.41) is 79.0. The molecular weight excluding hydrogens is 552 g/mol. The summed E-state index contributed by atoms with van der Waals surface area (Å²) >= 11 is 0. The maximum absolute atomic E-state index is 12.7. The molecule has 0 spiro atoms. The quantitative estimate of drug-likeness (QED) is 0.0551. The molecule has 0 aromatic heterocycles. The van der Waals surface area contributed by atoms with Crippen LogP contribution < -0.4 is 0 Å². The third-order valence-electron chi connectivity index (χ3n) is 5.89. The average Bonchev–Trinajstić information content (AvgIpc) is 2.93. The molecule has 218 valence electrons. The van der Waals surface area contributed by atoms with Crippen LogP contribution >= 0.6 is 0 Å². The standard InChI is InChI=1S/C30H26O12/c1-2-3-18(17-6-9-21(32)24(35)14-17)28(30(40)41)42-25(36)11-7-16-5-10-22(33)27(37)26(16)19(29(38)39)12-15-4-8-20(31)23(34)13-15/h4-14,31-35,37H,2-3H2,1H3,(H,38,39)(H,40,41)/b11-7+,19-12+,28-18+. The van der Waals surface area contributed by atoms with E-state index >= 15 is 0 Å². The zero-order chi connectivity index (χ0) is 31.1. The summed E-state index contributed by atoms with van der Waals surface area (Å²) in [6.07, 6.45) is 3.41. The van der Waals surface area contributed by atoms with Crippen LogP contribution in [0, 0.1) is 0 Å². The summed E-state index contributed by atoms with van der Waals surface area (Å²) in [6, 6.07) is 9.29. The summed E-state index contributed by atoms with van der Waals surface area (Å²) in [7, 11) is 0. The lowest BCUT2D eigenvalue weighted by atomic mass is 9.95. The molecule has 0 aliphatic carbocycles. The molecule has 0 fully saturated rings. The fourth-order valence-electron chi connectivity index (χ4n) is 3.93. The molecule has 3 aromatic carbocycles. The Labute approximate surface area is 238 Å². The minimum Gasteiger partial charge on any atom is -0.504 e. The fourth-order valence-corrected chi connectivity index (χ4v) is 3.93. The number of hydrogen-bond acceptors (Lipinski definition) is 10. The van der Waals surface area contributed by atoms with Crippen LogP contribution in [0.4, 0.5) is 0 Å². The van der Waals surface area contributed by atoms with Gasteiger partial charge in [-0.2, -0.15) is 0 Å². The molecule has 0 unspecified atom stereocenters. The highest BCUT2D eigenvalue weighted by atomic mass is 16.6. The molecule has 0 heterocycles. The number of benzene rings is 3. The molecule has 0 amide bonds. The lowest BCUT2D eigenvalue weighted by Crippen LogP contribution is -2.12. The molecule has 8 N–H and O–H groups in total. The number of carbonyl (C=O) groups excluding carboxylic acids is 1. The first-order valence-corrected chi connectivity index (χ1v) is 12.2. The largest absolute Gasteiger partial charge is 0.504 e. The number of phenolic OH excluding ortho intramolecular Hbond substituents is 6. The van der Waals surface area contributed by atoms with E-state index in [-0.39, 0.29) is 28.7 Å². The molecule has 0 aliphatic heterocycles. The van der Waals surface area contributed by atoms with E-state index < -0.39 is 69.3 Å². The number of ether oxygens (including phenoxy) is 1.